The standard InChI is InChI=1S/C19H28O3/c1-5-7-13(6-2)17-11-22-19-15(17)9-14(8-12(3)4)18(21)16(19)10-20/h9,11-13,20-21H,5-8,10H2,1-4H3. The molecular weight excluding hydrogens is 276 g/mol. The highest BCUT2D eigenvalue weighted by Gasteiger charge is 2.21. The Morgan fingerprint density at radius 1 is 1.23 bits per heavy atom. The van der Waals surface area contributed by atoms with Gasteiger partial charge in [0.15, 0.2) is 0 Å². The first-order chi connectivity index (χ1) is 10.5. The molecule has 2 N–H and O–H groups in total. The van der Waals surface area contributed by atoms with Crippen LogP contribution in [-0.4, -0.2) is 10.2 Å². The fourth-order valence-electron chi connectivity index (χ4n) is 3.29. The van der Waals surface area contributed by atoms with E-state index in [0.29, 0.717) is 23.0 Å². The predicted molar refractivity (Wildman–Crippen MR) is 90.3 cm³/mol. The zero-order valence-corrected chi connectivity index (χ0v) is 14.1. The maximum Gasteiger partial charge on any atom is 0.143 e. The topological polar surface area (TPSA) is 53.6 Å². The molecule has 2 aromatic rings. The van der Waals surface area contributed by atoms with Gasteiger partial charge in [-0.1, -0.05) is 34.1 Å². The van der Waals surface area contributed by atoms with Gasteiger partial charge in [-0.2, -0.15) is 0 Å². The molecule has 122 valence electrons. The van der Waals surface area contributed by atoms with E-state index in [4.69, 9.17) is 4.42 Å². The van der Waals surface area contributed by atoms with E-state index in [-0.39, 0.29) is 12.4 Å². The molecule has 0 bridgehead atoms. The van der Waals surface area contributed by atoms with E-state index in [1.807, 2.05) is 6.26 Å². The van der Waals surface area contributed by atoms with Crippen molar-refractivity contribution in [2.24, 2.45) is 5.92 Å². The Kier molecular flexibility index (Phi) is 5.52. The quantitative estimate of drug-likeness (QED) is 0.746. The van der Waals surface area contributed by atoms with Crippen LogP contribution in [0.4, 0.5) is 0 Å². The number of fused-ring (bicyclic) bond motifs is 1. The van der Waals surface area contributed by atoms with Crippen molar-refractivity contribution in [1.82, 2.24) is 0 Å². The first kappa shape index (κ1) is 16.9. The van der Waals surface area contributed by atoms with Crippen LogP contribution in [0.1, 0.15) is 69.6 Å². The Labute approximate surface area is 133 Å². The first-order valence-corrected chi connectivity index (χ1v) is 8.39. The molecule has 0 saturated carbocycles. The second-order valence-electron chi connectivity index (χ2n) is 6.58. The maximum atomic E-state index is 10.4. The molecule has 0 radical (unpaired) electrons. The summed E-state index contributed by atoms with van der Waals surface area (Å²) in [6.45, 7) is 8.45. The van der Waals surface area contributed by atoms with Gasteiger partial charge in [-0.25, -0.2) is 0 Å². The normalized spacial score (nSPS) is 13.2. The Balaban J connectivity index is 2.62. The van der Waals surface area contributed by atoms with Gasteiger partial charge in [0.2, 0.25) is 0 Å². The minimum Gasteiger partial charge on any atom is -0.507 e. The summed E-state index contributed by atoms with van der Waals surface area (Å²) < 4.78 is 5.72. The average Bonchev–Trinajstić information content (AvgIpc) is 2.88. The highest BCUT2D eigenvalue weighted by Crippen LogP contribution is 2.39. The van der Waals surface area contributed by atoms with Crippen LogP contribution in [-0.2, 0) is 13.0 Å². The number of aromatic hydroxyl groups is 1. The second-order valence-corrected chi connectivity index (χ2v) is 6.58. The van der Waals surface area contributed by atoms with Gasteiger partial charge in [0.1, 0.15) is 11.3 Å². The van der Waals surface area contributed by atoms with Crippen molar-refractivity contribution in [3.05, 3.63) is 29.0 Å². The molecule has 0 saturated heterocycles. The SMILES string of the molecule is CCCC(CC)c1coc2c(CO)c(O)c(CC(C)C)cc12. The van der Waals surface area contributed by atoms with Crippen molar-refractivity contribution in [2.75, 3.05) is 0 Å². The summed E-state index contributed by atoms with van der Waals surface area (Å²) in [5.41, 5.74) is 3.27. The molecule has 1 aromatic heterocycles. The first-order valence-electron chi connectivity index (χ1n) is 8.39. The second kappa shape index (κ2) is 7.19. The van der Waals surface area contributed by atoms with Crippen molar-refractivity contribution in [2.45, 2.75) is 65.9 Å². The minimum atomic E-state index is -0.203. The number of hydrogen-bond acceptors (Lipinski definition) is 3. The molecule has 0 fully saturated rings. The zero-order chi connectivity index (χ0) is 16.3. The van der Waals surface area contributed by atoms with Crippen molar-refractivity contribution in [1.29, 1.82) is 0 Å². The van der Waals surface area contributed by atoms with Crippen molar-refractivity contribution >= 4 is 11.0 Å². The predicted octanol–water partition coefficient (Wildman–Crippen LogP) is 5.12. The maximum absolute atomic E-state index is 10.4. The lowest BCUT2D eigenvalue weighted by Crippen LogP contribution is -2.00. The highest BCUT2D eigenvalue weighted by atomic mass is 16.3. The summed E-state index contributed by atoms with van der Waals surface area (Å²) in [6, 6.07) is 2.06. The van der Waals surface area contributed by atoms with Gasteiger partial charge in [-0.3, -0.25) is 0 Å². The fourth-order valence-corrected chi connectivity index (χ4v) is 3.29. The van der Waals surface area contributed by atoms with Crippen LogP contribution in [0.5, 0.6) is 5.75 Å². The summed E-state index contributed by atoms with van der Waals surface area (Å²) >= 11 is 0. The molecule has 3 nitrogen and oxygen atoms in total. The van der Waals surface area contributed by atoms with Gasteiger partial charge in [0.05, 0.1) is 18.4 Å². The van der Waals surface area contributed by atoms with Crippen LogP contribution in [0.2, 0.25) is 0 Å². The molecule has 3 heteroatoms. The Morgan fingerprint density at radius 2 is 1.95 bits per heavy atom. The summed E-state index contributed by atoms with van der Waals surface area (Å²) in [4.78, 5) is 0. The number of rotatable bonds is 7. The van der Waals surface area contributed by atoms with Gasteiger partial charge in [-0.15, -0.1) is 0 Å². The molecular formula is C19H28O3. The average molecular weight is 304 g/mol. The van der Waals surface area contributed by atoms with E-state index in [0.717, 1.165) is 36.6 Å². The van der Waals surface area contributed by atoms with E-state index >= 15 is 0 Å². The van der Waals surface area contributed by atoms with Crippen molar-refractivity contribution in [3.63, 3.8) is 0 Å². The molecule has 1 unspecified atom stereocenters. The van der Waals surface area contributed by atoms with Crippen LogP contribution in [0.15, 0.2) is 16.7 Å². The van der Waals surface area contributed by atoms with E-state index in [1.165, 1.54) is 5.56 Å². The zero-order valence-electron chi connectivity index (χ0n) is 14.1. The summed E-state index contributed by atoms with van der Waals surface area (Å²) in [7, 11) is 0. The lowest BCUT2D eigenvalue weighted by atomic mass is 9.89. The van der Waals surface area contributed by atoms with E-state index in [1.54, 1.807) is 0 Å². The molecule has 1 heterocycles. The van der Waals surface area contributed by atoms with Crippen molar-refractivity contribution < 1.29 is 14.6 Å². The lowest BCUT2D eigenvalue weighted by Gasteiger charge is -2.15. The fraction of sp³-hybridized carbons (Fsp3) is 0.579. The molecule has 1 atom stereocenters. The van der Waals surface area contributed by atoms with E-state index < -0.39 is 0 Å². The Bertz CT molecular complexity index is 625. The third-order valence-electron chi connectivity index (χ3n) is 4.40. The molecule has 0 spiro atoms. The molecule has 0 aliphatic heterocycles. The number of furan rings is 1. The molecule has 1 aromatic carbocycles. The van der Waals surface area contributed by atoms with Crippen LogP contribution >= 0.6 is 0 Å². The highest BCUT2D eigenvalue weighted by molar-refractivity contribution is 5.87. The third-order valence-corrected chi connectivity index (χ3v) is 4.40. The van der Waals surface area contributed by atoms with E-state index in [9.17, 15) is 10.2 Å². The summed E-state index contributed by atoms with van der Waals surface area (Å²) in [6.07, 6.45) is 5.93. The molecule has 0 aliphatic rings. The minimum absolute atomic E-state index is 0.188. The lowest BCUT2D eigenvalue weighted by molar-refractivity contribution is 0.275. The Morgan fingerprint density at radius 3 is 2.50 bits per heavy atom. The van der Waals surface area contributed by atoms with Crippen molar-refractivity contribution in [3.8, 4) is 5.75 Å². The van der Waals surface area contributed by atoms with Crippen LogP contribution in [0.25, 0.3) is 11.0 Å². The van der Waals surface area contributed by atoms with Crippen LogP contribution in [0, 0.1) is 5.92 Å². The van der Waals surface area contributed by atoms with Crippen LogP contribution in [0.3, 0.4) is 0 Å². The van der Waals surface area contributed by atoms with Gasteiger partial charge in [-0.05, 0) is 42.7 Å². The van der Waals surface area contributed by atoms with E-state index in [2.05, 4.69) is 33.8 Å². The van der Waals surface area contributed by atoms with Crippen LogP contribution < -0.4 is 0 Å². The number of hydrogen-bond donors (Lipinski definition) is 2. The van der Waals surface area contributed by atoms with Gasteiger partial charge in [0.25, 0.3) is 0 Å². The monoisotopic (exact) mass is 304 g/mol. The van der Waals surface area contributed by atoms with Gasteiger partial charge < -0.3 is 14.6 Å². The number of aliphatic hydroxyl groups excluding tert-OH is 1. The molecule has 22 heavy (non-hydrogen) atoms. The number of benzene rings is 1. The summed E-state index contributed by atoms with van der Waals surface area (Å²) in [5.74, 6) is 1.10. The van der Waals surface area contributed by atoms with Gasteiger partial charge in [0, 0.05) is 10.9 Å². The molecule has 0 amide bonds. The third kappa shape index (κ3) is 3.14. The van der Waals surface area contributed by atoms with Gasteiger partial charge >= 0.3 is 0 Å². The smallest absolute Gasteiger partial charge is 0.143 e. The number of aliphatic hydroxyl groups is 1. The largest absolute Gasteiger partial charge is 0.507 e. The molecule has 2 rings (SSSR count). The summed E-state index contributed by atoms with van der Waals surface area (Å²) in [5, 5.41) is 21.1. The molecule has 0 aliphatic carbocycles. The number of phenols is 1. The Hall–Kier alpha value is -1.48.